The number of halogens is 1. The van der Waals surface area contributed by atoms with Gasteiger partial charge in [0, 0.05) is 18.7 Å². The first-order valence-corrected chi connectivity index (χ1v) is 9.95. The number of rotatable bonds is 9. The van der Waals surface area contributed by atoms with E-state index in [2.05, 4.69) is 26.5 Å². The number of ether oxygens (including phenoxy) is 1. The molecule has 2 N–H and O–H groups in total. The van der Waals surface area contributed by atoms with Crippen molar-refractivity contribution in [3.63, 3.8) is 0 Å². The van der Waals surface area contributed by atoms with E-state index in [1.807, 2.05) is 61.5 Å². The molecule has 1 heterocycles. The molecule has 0 unspecified atom stereocenters. The van der Waals surface area contributed by atoms with E-state index >= 15 is 0 Å². The molecule has 0 radical (unpaired) electrons. The highest BCUT2D eigenvalue weighted by atomic mass is 127. The lowest BCUT2D eigenvalue weighted by Gasteiger charge is -2.11. The summed E-state index contributed by atoms with van der Waals surface area (Å²) < 4.78 is 11.0. The molecule has 0 saturated heterocycles. The van der Waals surface area contributed by atoms with Gasteiger partial charge in [0.15, 0.2) is 5.96 Å². The number of nitrogens with zero attached hydrogens (tertiary/aromatic N) is 2. The Kier molecular flexibility index (Phi) is 10.4. The Morgan fingerprint density at radius 3 is 2.61 bits per heavy atom. The third-order valence-corrected chi connectivity index (χ3v) is 4.27. The van der Waals surface area contributed by atoms with Gasteiger partial charge in [0.2, 0.25) is 5.89 Å². The van der Waals surface area contributed by atoms with Crippen LogP contribution < -0.4 is 15.4 Å². The van der Waals surface area contributed by atoms with E-state index in [9.17, 15) is 0 Å². The standard InChI is InChI=1S/C24H26N4O2.HI/c1-3-16-29-22-12-10-19(11-13-22)14-15-26-24(25-4-2)27-17-21-18-30-23(28-21)20-8-6-5-7-9-20;/h1,5-13,18H,4,14-17H2,2H3,(H2,25,26,27);1H. The van der Waals surface area contributed by atoms with E-state index in [1.54, 1.807) is 6.26 Å². The fourth-order valence-corrected chi connectivity index (χ4v) is 2.80. The summed E-state index contributed by atoms with van der Waals surface area (Å²) in [6.45, 7) is 4.29. The van der Waals surface area contributed by atoms with Gasteiger partial charge in [-0.15, -0.1) is 30.4 Å². The van der Waals surface area contributed by atoms with E-state index in [0.717, 1.165) is 42.5 Å². The molecule has 0 spiro atoms. The molecule has 0 fully saturated rings. The predicted octanol–water partition coefficient (Wildman–Crippen LogP) is 4.27. The molecule has 31 heavy (non-hydrogen) atoms. The molecular formula is C24H27IN4O2. The number of hydrogen-bond acceptors (Lipinski definition) is 4. The van der Waals surface area contributed by atoms with Crippen molar-refractivity contribution in [2.75, 3.05) is 19.7 Å². The maximum absolute atomic E-state index is 5.57. The van der Waals surface area contributed by atoms with Crippen molar-refractivity contribution >= 4 is 29.9 Å². The van der Waals surface area contributed by atoms with Gasteiger partial charge in [-0.25, -0.2) is 9.98 Å². The Hall–Kier alpha value is -2.99. The van der Waals surface area contributed by atoms with Crippen LogP contribution in [0.5, 0.6) is 5.75 Å². The number of terminal acetylenes is 1. The first-order chi connectivity index (χ1) is 14.8. The topological polar surface area (TPSA) is 71.7 Å². The summed E-state index contributed by atoms with van der Waals surface area (Å²) in [6, 6.07) is 17.8. The quantitative estimate of drug-likeness (QED) is 0.187. The third-order valence-electron chi connectivity index (χ3n) is 4.27. The van der Waals surface area contributed by atoms with Gasteiger partial charge in [-0.3, -0.25) is 0 Å². The summed E-state index contributed by atoms with van der Waals surface area (Å²) in [4.78, 5) is 9.12. The van der Waals surface area contributed by atoms with Gasteiger partial charge < -0.3 is 19.8 Å². The Balaban J connectivity index is 0.00000341. The number of hydrogen-bond donors (Lipinski definition) is 2. The number of guanidine groups is 1. The molecule has 0 bridgehead atoms. The second-order valence-corrected chi connectivity index (χ2v) is 6.52. The maximum Gasteiger partial charge on any atom is 0.226 e. The Bertz CT molecular complexity index is 979. The van der Waals surface area contributed by atoms with Crippen LogP contribution in [0.4, 0.5) is 0 Å². The second kappa shape index (κ2) is 13.3. The normalized spacial score (nSPS) is 10.6. The minimum absolute atomic E-state index is 0. The number of nitrogens with one attached hydrogen (secondary N) is 2. The van der Waals surface area contributed by atoms with Crippen molar-refractivity contribution in [2.24, 2.45) is 4.99 Å². The van der Waals surface area contributed by atoms with Gasteiger partial charge in [-0.2, -0.15) is 0 Å². The van der Waals surface area contributed by atoms with Gasteiger partial charge >= 0.3 is 0 Å². The lowest BCUT2D eigenvalue weighted by atomic mass is 10.1. The van der Waals surface area contributed by atoms with Crippen LogP contribution in [0.15, 0.2) is 70.3 Å². The van der Waals surface area contributed by atoms with Gasteiger partial charge in [0.25, 0.3) is 0 Å². The van der Waals surface area contributed by atoms with Crippen molar-refractivity contribution in [3.8, 4) is 29.5 Å². The number of benzene rings is 2. The summed E-state index contributed by atoms with van der Waals surface area (Å²) in [5.74, 6) is 4.59. The number of aromatic nitrogens is 1. The zero-order valence-electron chi connectivity index (χ0n) is 17.5. The average molecular weight is 530 g/mol. The van der Waals surface area contributed by atoms with Crippen LogP contribution in [0.2, 0.25) is 0 Å². The van der Waals surface area contributed by atoms with Crippen molar-refractivity contribution in [1.82, 2.24) is 15.6 Å². The molecule has 0 amide bonds. The van der Waals surface area contributed by atoms with Crippen molar-refractivity contribution in [1.29, 1.82) is 0 Å². The monoisotopic (exact) mass is 530 g/mol. The lowest BCUT2D eigenvalue weighted by molar-refractivity contribution is 0.370. The molecule has 3 rings (SSSR count). The van der Waals surface area contributed by atoms with Gasteiger partial charge in [-0.1, -0.05) is 36.3 Å². The van der Waals surface area contributed by atoms with Gasteiger partial charge in [-0.05, 0) is 43.2 Å². The predicted molar refractivity (Wildman–Crippen MR) is 135 cm³/mol. The molecule has 0 atom stereocenters. The summed E-state index contributed by atoms with van der Waals surface area (Å²) in [5.41, 5.74) is 2.94. The smallest absolute Gasteiger partial charge is 0.226 e. The zero-order chi connectivity index (χ0) is 21.0. The highest BCUT2D eigenvalue weighted by Crippen LogP contribution is 2.18. The molecule has 7 heteroatoms. The van der Waals surface area contributed by atoms with E-state index in [0.29, 0.717) is 12.4 Å². The number of aliphatic imine (C=N–C) groups is 1. The Morgan fingerprint density at radius 1 is 1.13 bits per heavy atom. The first-order valence-electron chi connectivity index (χ1n) is 9.95. The Morgan fingerprint density at radius 2 is 1.90 bits per heavy atom. The van der Waals surface area contributed by atoms with Crippen LogP contribution in [-0.4, -0.2) is 30.6 Å². The van der Waals surface area contributed by atoms with Crippen LogP contribution >= 0.6 is 24.0 Å². The molecule has 0 saturated carbocycles. The first kappa shape index (κ1) is 24.3. The van der Waals surface area contributed by atoms with Crippen molar-refractivity contribution in [2.45, 2.75) is 19.9 Å². The molecule has 162 valence electrons. The molecular weight excluding hydrogens is 503 g/mol. The van der Waals surface area contributed by atoms with E-state index in [-0.39, 0.29) is 30.6 Å². The largest absolute Gasteiger partial charge is 0.481 e. The molecule has 1 aromatic heterocycles. The number of oxazole rings is 1. The highest BCUT2D eigenvalue weighted by Gasteiger charge is 2.06. The Labute approximate surface area is 200 Å². The van der Waals surface area contributed by atoms with E-state index < -0.39 is 0 Å². The minimum Gasteiger partial charge on any atom is -0.481 e. The molecule has 0 aliphatic carbocycles. The molecule has 2 aromatic carbocycles. The summed E-state index contributed by atoms with van der Waals surface area (Å²) in [7, 11) is 0. The van der Waals surface area contributed by atoms with Gasteiger partial charge in [0.05, 0.1) is 6.54 Å². The van der Waals surface area contributed by atoms with Crippen LogP contribution in [-0.2, 0) is 13.0 Å². The summed E-state index contributed by atoms with van der Waals surface area (Å²) >= 11 is 0. The molecule has 6 nitrogen and oxygen atoms in total. The fourth-order valence-electron chi connectivity index (χ4n) is 2.80. The van der Waals surface area contributed by atoms with E-state index in [1.165, 1.54) is 5.56 Å². The van der Waals surface area contributed by atoms with Gasteiger partial charge in [0.1, 0.15) is 24.3 Å². The molecule has 0 aliphatic heterocycles. The molecule has 0 aliphatic rings. The summed E-state index contributed by atoms with van der Waals surface area (Å²) in [6.07, 6.45) is 7.72. The fraction of sp³-hybridized carbons (Fsp3) is 0.250. The van der Waals surface area contributed by atoms with Crippen molar-refractivity contribution in [3.05, 3.63) is 72.1 Å². The molecule has 3 aromatic rings. The average Bonchev–Trinajstić information content (AvgIpc) is 3.27. The zero-order valence-corrected chi connectivity index (χ0v) is 19.8. The van der Waals surface area contributed by atoms with Crippen LogP contribution in [0, 0.1) is 12.3 Å². The minimum atomic E-state index is 0. The van der Waals surface area contributed by atoms with Crippen LogP contribution in [0.3, 0.4) is 0 Å². The SMILES string of the molecule is C#CCOc1ccc(CCNC(=NCc2coc(-c3ccccc3)n2)NCC)cc1.I. The van der Waals surface area contributed by atoms with Crippen molar-refractivity contribution < 1.29 is 9.15 Å². The highest BCUT2D eigenvalue weighted by molar-refractivity contribution is 14.0. The van der Waals surface area contributed by atoms with E-state index in [4.69, 9.17) is 15.6 Å². The van der Waals surface area contributed by atoms with Crippen LogP contribution in [0.1, 0.15) is 18.2 Å². The summed E-state index contributed by atoms with van der Waals surface area (Å²) in [5, 5.41) is 6.60. The maximum atomic E-state index is 5.57. The van der Waals surface area contributed by atoms with Crippen LogP contribution in [0.25, 0.3) is 11.5 Å². The third kappa shape index (κ3) is 7.98. The second-order valence-electron chi connectivity index (χ2n) is 6.52. The lowest BCUT2D eigenvalue weighted by Crippen LogP contribution is -2.38.